The van der Waals surface area contributed by atoms with Gasteiger partial charge in [0, 0.05) is 24.4 Å². The van der Waals surface area contributed by atoms with Crippen molar-refractivity contribution in [2.24, 2.45) is 17.1 Å². The van der Waals surface area contributed by atoms with E-state index in [9.17, 15) is 0 Å². The lowest BCUT2D eigenvalue weighted by atomic mass is 9.85. The molecule has 0 spiro atoms. The van der Waals surface area contributed by atoms with Gasteiger partial charge in [0.05, 0.1) is 0 Å². The van der Waals surface area contributed by atoms with Crippen LogP contribution in [0.2, 0.25) is 0 Å². The third-order valence-electron chi connectivity index (χ3n) is 4.34. The Hall–Kier alpha value is 0.270. The van der Waals surface area contributed by atoms with Crippen LogP contribution in [0.4, 0.5) is 0 Å². The Labute approximate surface area is 111 Å². The van der Waals surface area contributed by atoms with Crippen molar-refractivity contribution >= 4 is 11.8 Å². The molecule has 0 aromatic carbocycles. The number of hydrogen-bond donors (Lipinski definition) is 1. The molecule has 2 aliphatic rings. The Kier molecular flexibility index (Phi) is 4.43. The van der Waals surface area contributed by atoms with Crippen LogP contribution < -0.4 is 5.73 Å². The van der Waals surface area contributed by atoms with Gasteiger partial charge in [-0.25, -0.2) is 0 Å². The highest BCUT2D eigenvalue weighted by Crippen LogP contribution is 2.36. The van der Waals surface area contributed by atoms with E-state index in [1.54, 1.807) is 0 Å². The van der Waals surface area contributed by atoms with Gasteiger partial charge < -0.3 is 5.73 Å². The third kappa shape index (κ3) is 3.62. The Morgan fingerprint density at radius 1 is 1.41 bits per heavy atom. The van der Waals surface area contributed by atoms with Crippen LogP contribution >= 0.6 is 11.8 Å². The minimum atomic E-state index is 0.363. The van der Waals surface area contributed by atoms with E-state index in [0.717, 1.165) is 12.0 Å². The third-order valence-corrected chi connectivity index (χ3v) is 5.95. The van der Waals surface area contributed by atoms with Gasteiger partial charge in [-0.15, -0.1) is 0 Å². The highest BCUT2D eigenvalue weighted by atomic mass is 32.2. The van der Waals surface area contributed by atoms with Crippen LogP contribution in [0.3, 0.4) is 0 Å². The predicted molar refractivity (Wildman–Crippen MR) is 77.5 cm³/mol. The monoisotopic (exact) mass is 256 g/mol. The van der Waals surface area contributed by atoms with Crippen LogP contribution in [0.25, 0.3) is 0 Å². The van der Waals surface area contributed by atoms with Gasteiger partial charge in [-0.3, -0.25) is 4.90 Å². The number of rotatable bonds is 2. The summed E-state index contributed by atoms with van der Waals surface area (Å²) in [4.78, 5) is 2.73. The number of thioether (sulfide) groups is 1. The molecule has 0 radical (unpaired) electrons. The van der Waals surface area contributed by atoms with E-state index < -0.39 is 0 Å². The van der Waals surface area contributed by atoms with Gasteiger partial charge >= 0.3 is 0 Å². The summed E-state index contributed by atoms with van der Waals surface area (Å²) in [5.74, 6) is 3.38. The maximum atomic E-state index is 6.08. The van der Waals surface area contributed by atoms with Gasteiger partial charge in [-0.05, 0) is 49.8 Å². The van der Waals surface area contributed by atoms with Crippen molar-refractivity contribution in [3.63, 3.8) is 0 Å². The Balaban J connectivity index is 1.92. The van der Waals surface area contributed by atoms with Crippen molar-refractivity contribution in [1.82, 2.24) is 4.90 Å². The molecular formula is C14H28N2S. The van der Waals surface area contributed by atoms with Crippen molar-refractivity contribution in [2.75, 3.05) is 24.6 Å². The lowest BCUT2D eigenvalue weighted by Crippen LogP contribution is -2.50. The lowest BCUT2D eigenvalue weighted by Gasteiger charge is -2.44. The predicted octanol–water partition coefficient (Wildman–Crippen LogP) is 2.58. The molecule has 0 saturated carbocycles. The number of nitrogens with two attached hydrogens (primary N) is 1. The zero-order chi connectivity index (χ0) is 12.5. The first-order valence-electron chi connectivity index (χ1n) is 7.05. The van der Waals surface area contributed by atoms with E-state index in [1.165, 1.54) is 43.9 Å². The molecule has 2 nitrogen and oxygen atoms in total. The summed E-state index contributed by atoms with van der Waals surface area (Å²) in [6.45, 7) is 9.54. The van der Waals surface area contributed by atoms with Gasteiger partial charge in [-0.1, -0.05) is 13.8 Å². The summed E-state index contributed by atoms with van der Waals surface area (Å²) in [5.41, 5.74) is 6.60. The molecule has 2 rings (SSSR count). The van der Waals surface area contributed by atoms with Crippen LogP contribution in [-0.2, 0) is 0 Å². The van der Waals surface area contributed by atoms with Crippen molar-refractivity contribution in [2.45, 2.75) is 52.1 Å². The minimum absolute atomic E-state index is 0.363. The van der Waals surface area contributed by atoms with Crippen LogP contribution in [0.15, 0.2) is 0 Å². The summed E-state index contributed by atoms with van der Waals surface area (Å²) in [6, 6.07) is 1.16. The second kappa shape index (κ2) is 5.50. The van der Waals surface area contributed by atoms with E-state index >= 15 is 0 Å². The van der Waals surface area contributed by atoms with E-state index in [-0.39, 0.29) is 0 Å². The van der Waals surface area contributed by atoms with Gasteiger partial charge in [0.15, 0.2) is 0 Å². The number of piperidine rings is 1. The second-order valence-electron chi connectivity index (χ2n) is 6.79. The summed E-state index contributed by atoms with van der Waals surface area (Å²) in [7, 11) is 0. The maximum absolute atomic E-state index is 6.08. The highest BCUT2D eigenvalue weighted by molar-refractivity contribution is 7.99. The summed E-state index contributed by atoms with van der Waals surface area (Å²) in [5, 5.41) is 0. The first kappa shape index (κ1) is 13.7. The van der Waals surface area contributed by atoms with Gasteiger partial charge in [-0.2, -0.15) is 11.8 Å². The quantitative estimate of drug-likeness (QED) is 0.823. The molecular weight excluding hydrogens is 228 g/mol. The summed E-state index contributed by atoms with van der Waals surface area (Å²) < 4.78 is 0. The molecule has 2 saturated heterocycles. The second-order valence-corrected chi connectivity index (χ2v) is 7.82. The summed E-state index contributed by atoms with van der Waals surface area (Å²) in [6.07, 6.45) is 4.04. The molecule has 0 aliphatic carbocycles. The molecule has 2 heterocycles. The Morgan fingerprint density at radius 2 is 2.18 bits per heavy atom. The first-order valence-corrected chi connectivity index (χ1v) is 8.21. The fourth-order valence-electron chi connectivity index (χ4n) is 3.26. The number of hydrogen-bond acceptors (Lipinski definition) is 3. The molecule has 100 valence electrons. The average molecular weight is 256 g/mol. The molecule has 0 amide bonds. The topological polar surface area (TPSA) is 29.3 Å². The zero-order valence-corrected chi connectivity index (χ0v) is 12.4. The van der Waals surface area contributed by atoms with Gasteiger partial charge in [0.25, 0.3) is 0 Å². The van der Waals surface area contributed by atoms with Crippen LogP contribution in [0.1, 0.15) is 40.0 Å². The number of likely N-dealkylation sites (tertiary alicyclic amines) is 1. The van der Waals surface area contributed by atoms with Crippen molar-refractivity contribution in [3.8, 4) is 0 Å². The SMILES string of the molecule is CC(N)C1CCCN(C2CSCC(C)(C)C2)C1. The maximum Gasteiger partial charge on any atom is 0.0191 e. The van der Waals surface area contributed by atoms with E-state index in [4.69, 9.17) is 5.73 Å². The Bertz CT molecular complexity index is 253. The molecule has 2 fully saturated rings. The molecule has 2 N–H and O–H groups in total. The smallest absolute Gasteiger partial charge is 0.0191 e. The molecule has 0 aromatic rings. The van der Waals surface area contributed by atoms with E-state index in [0.29, 0.717) is 11.5 Å². The minimum Gasteiger partial charge on any atom is -0.328 e. The van der Waals surface area contributed by atoms with Gasteiger partial charge in [0.1, 0.15) is 0 Å². The van der Waals surface area contributed by atoms with Crippen LogP contribution in [0, 0.1) is 11.3 Å². The normalized spacial score (nSPS) is 36.7. The fraction of sp³-hybridized carbons (Fsp3) is 1.00. The van der Waals surface area contributed by atoms with Crippen molar-refractivity contribution in [1.29, 1.82) is 0 Å². The van der Waals surface area contributed by atoms with Crippen LogP contribution in [-0.4, -0.2) is 41.6 Å². The largest absolute Gasteiger partial charge is 0.328 e. The molecule has 0 bridgehead atoms. The average Bonchev–Trinajstić information content (AvgIpc) is 2.28. The molecule has 3 unspecified atom stereocenters. The van der Waals surface area contributed by atoms with Crippen molar-refractivity contribution in [3.05, 3.63) is 0 Å². The molecule has 3 heteroatoms. The Morgan fingerprint density at radius 3 is 2.82 bits per heavy atom. The summed E-state index contributed by atoms with van der Waals surface area (Å²) >= 11 is 2.14. The lowest BCUT2D eigenvalue weighted by molar-refractivity contribution is 0.0970. The fourth-order valence-corrected chi connectivity index (χ4v) is 4.65. The van der Waals surface area contributed by atoms with E-state index in [2.05, 4.69) is 37.4 Å². The van der Waals surface area contributed by atoms with Gasteiger partial charge in [0.2, 0.25) is 0 Å². The first-order chi connectivity index (χ1) is 7.98. The molecule has 2 aliphatic heterocycles. The highest BCUT2D eigenvalue weighted by Gasteiger charge is 2.34. The number of nitrogens with zero attached hydrogens (tertiary/aromatic N) is 1. The molecule has 3 atom stereocenters. The molecule has 0 aromatic heterocycles. The zero-order valence-electron chi connectivity index (χ0n) is 11.6. The van der Waals surface area contributed by atoms with Crippen LogP contribution in [0.5, 0.6) is 0 Å². The van der Waals surface area contributed by atoms with E-state index in [1.807, 2.05) is 0 Å². The molecule has 17 heavy (non-hydrogen) atoms. The standard InChI is InChI=1S/C14H28N2S/c1-11(15)12-5-4-6-16(8-12)13-7-14(2,3)10-17-9-13/h11-13H,4-10,15H2,1-3H3. The van der Waals surface area contributed by atoms with Crippen molar-refractivity contribution < 1.29 is 0 Å².